The van der Waals surface area contributed by atoms with Crippen molar-refractivity contribution in [1.82, 2.24) is 19.9 Å². The second-order valence-electron chi connectivity index (χ2n) is 9.61. The lowest BCUT2D eigenvalue weighted by atomic mass is 9.99. The van der Waals surface area contributed by atoms with Gasteiger partial charge >= 0.3 is 0 Å². The third-order valence-electron chi connectivity index (χ3n) is 6.74. The molecule has 0 aliphatic rings. The molecule has 2 heterocycles. The summed E-state index contributed by atoms with van der Waals surface area (Å²) in [6.07, 6.45) is 0. The Morgan fingerprint density at radius 3 is 2.33 bits per heavy atom. The summed E-state index contributed by atoms with van der Waals surface area (Å²) in [5, 5.41) is 25.2. The molecule has 0 bridgehead atoms. The molecular weight excluding hydrogens is 544 g/mol. The number of carbonyl (C=O) groups is 1. The summed E-state index contributed by atoms with van der Waals surface area (Å²) in [7, 11) is 0. The van der Waals surface area contributed by atoms with Crippen molar-refractivity contribution in [1.29, 1.82) is 0 Å². The van der Waals surface area contributed by atoms with Gasteiger partial charge in [-0.1, -0.05) is 42.5 Å². The van der Waals surface area contributed by atoms with Crippen LogP contribution in [0.5, 0.6) is 0 Å². The van der Waals surface area contributed by atoms with E-state index in [1.807, 2.05) is 30.3 Å². The van der Waals surface area contributed by atoms with E-state index in [4.69, 9.17) is 0 Å². The van der Waals surface area contributed by atoms with Gasteiger partial charge in [0, 0.05) is 29.1 Å². The molecule has 0 aliphatic heterocycles. The van der Waals surface area contributed by atoms with Gasteiger partial charge in [-0.3, -0.25) is 14.2 Å². The first-order chi connectivity index (χ1) is 20.3. The lowest BCUT2D eigenvalue weighted by molar-refractivity contribution is 0.0951. The third kappa shape index (κ3) is 5.73. The number of benzene rings is 3. The number of halogens is 2. The molecule has 214 valence electrons. The number of hydrogen-bond acceptors (Lipinski definition) is 7. The number of aliphatic hydroxyl groups is 2. The van der Waals surface area contributed by atoms with Crippen LogP contribution in [0, 0.1) is 18.6 Å². The van der Waals surface area contributed by atoms with E-state index in [1.165, 1.54) is 12.1 Å². The molecule has 3 aromatic carbocycles. The molecule has 5 aromatic rings. The molecule has 2 aromatic heterocycles. The van der Waals surface area contributed by atoms with Crippen LogP contribution in [-0.2, 0) is 6.54 Å². The van der Waals surface area contributed by atoms with Gasteiger partial charge in [0.1, 0.15) is 17.3 Å². The van der Waals surface area contributed by atoms with Gasteiger partial charge in [-0.25, -0.2) is 13.8 Å². The molecule has 0 atom stereocenters. The van der Waals surface area contributed by atoms with Crippen molar-refractivity contribution in [3.63, 3.8) is 0 Å². The lowest BCUT2D eigenvalue weighted by Gasteiger charge is -2.18. The number of aromatic nitrogens is 3. The molecule has 0 saturated heterocycles. The number of fused-ring (bicyclic) bond motifs is 1. The van der Waals surface area contributed by atoms with Crippen molar-refractivity contribution in [3.05, 3.63) is 118 Å². The first-order valence-electron chi connectivity index (χ1n) is 13.1. The molecule has 0 radical (unpaired) electrons. The number of rotatable bonds is 9. The van der Waals surface area contributed by atoms with Crippen molar-refractivity contribution in [2.24, 2.45) is 0 Å². The zero-order chi connectivity index (χ0) is 29.8. The van der Waals surface area contributed by atoms with E-state index in [2.05, 4.69) is 20.6 Å². The van der Waals surface area contributed by atoms with Crippen molar-refractivity contribution < 1.29 is 23.8 Å². The van der Waals surface area contributed by atoms with E-state index in [-0.39, 0.29) is 28.6 Å². The highest BCUT2D eigenvalue weighted by Gasteiger charge is 2.22. The zero-order valence-corrected chi connectivity index (χ0v) is 22.5. The van der Waals surface area contributed by atoms with E-state index >= 15 is 0 Å². The Morgan fingerprint density at radius 2 is 1.64 bits per heavy atom. The number of para-hydroxylation sites is 1. The van der Waals surface area contributed by atoms with Gasteiger partial charge in [0.2, 0.25) is 5.95 Å². The number of pyridine rings is 1. The Kier molecular flexibility index (Phi) is 8.32. The Labute approximate surface area is 239 Å². The molecule has 11 heteroatoms. The zero-order valence-electron chi connectivity index (χ0n) is 22.5. The first kappa shape index (κ1) is 28.5. The van der Waals surface area contributed by atoms with Crippen LogP contribution in [0.25, 0.3) is 28.0 Å². The molecule has 0 unspecified atom stereocenters. The Bertz CT molecular complexity index is 1800. The van der Waals surface area contributed by atoms with Crippen LogP contribution in [0.15, 0.2) is 83.7 Å². The van der Waals surface area contributed by atoms with Crippen LogP contribution in [0.3, 0.4) is 0 Å². The molecule has 0 fully saturated rings. The fraction of sp³-hybridized carbons (Fsp3) is 0.161. The highest BCUT2D eigenvalue weighted by Crippen LogP contribution is 2.32. The average Bonchev–Trinajstić information content (AvgIpc) is 3.00. The minimum Gasteiger partial charge on any atom is -0.394 e. The Balaban J connectivity index is 1.69. The number of aliphatic hydroxyl groups excluding tert-OH is 2. The summed E-state index contributed by atoms with van der Waals surface area (Å²) in [6, 6.07) is 19.5. The van der Waals surface area contributed by atoms with Gasteiger partial charge in [0.25, 0.3) is 11.5 Å². The normalized spacial score (nSPS) is 11.2. The molecule has 4 N–H and O–H groups in total. The second kappa shape index (κ2) is 12.2. The summed E-state index contributed by atoms with van der Waals surface area (Å²) >= 11 is 0. The van der Waals surface area contributed by atoms with Gasteiger partial charge in [0.05, 0.1) is 24.9 Å². The van der Waals surface area contributed by atoms with Gasteiger partial charge in [0.15, 0.2) is 5.65 Å². The van der Waals surface area contributed by atoms with Crippen LogP contribution in [0.4, 0.5) is 14.7 Å². The largest absolute Gasteiger partial charge is 0.394 e. The summed E-state index contributed by atoms with van der Waals surface area (Å²) < 4.78 is 30.7. The van der Waals surface area contributed by atoms with Gasteiger partial charge in [-0.15, -0.1) is 0 Å². The molecule has 42 heavy (non-hydrogen) atoms. The molecule has 0 saturated carbocycles. The van der Waals surface area contributed by atoms with Gasteiger partial charge < -0.3 is 20.8 Å². The monoisotopic (exact) mass is 571 g/mol. The smallest absolute Gasteiger partial charge is 0.256 e. The van der Waals surface area contributed by atoms with E-state index in [1.54, 1.807) is 25.1 Å². The highest BCUT2D eigenvalue weighted by molar-refractivity contribution is 5.98. The molecular formula is C31H27F2N5O4. The van der Waals surface area contributed by atoms with Crippen molar-refractivity contribution >= 4 is 22.9 Å². The Hall–Kier alpha value is -5.00. The van der Waals surface area contributed by atoms with Gasteiger partial charge in [-0.2, -0.15) is 4.98 Å². The lowest BCUT2D eigenvalue weighted by Crippen LogP contribution is -2.29. The fourth-order valence-electron chi connectivity index (χ4n) is 4.53. The Morgan fingerprint density at radius 1 is 0.929 bits per heavy atom. The highest BCUT2D eigenvalue weighted by atomic mass is 19.1. The number of anilines is 1. The molecule has 0 aliphatic carbocycles. The van der Waals surface area contributed by atoms with E-state index in [0.717, 1.165) is 33.9 Å². The molecule has 1 amide bonds. The minimum absolute atomic E-state index is 0.111. The van der Waals surface area contributed by atoms with Crippen LogP contribution < -0.4 is 16.2 Å². The maximum atomic E-state index is 14.9. The number of carbonyl (C=O) groups excluding carboxylic acids is 1. The summed E-state index contributed by atoms with van der Waals surface area (Å²) in [5.74, 6) is -2.39. The number of aryl methyl sites for hydroxylation is 1. The number of amides is 1. The second-order valence-corrected chi connectivity index (χ2v) is 9.61. The van der Waals surface area contributed by atoms with Gasteiger partial charge in [-0.05, 0) is 48.4 Å². The SMILES string of the molecule is Cc1ccc(C(=O)NCc2ccccc2)cc1-c1nc(NC(CO)CO)nc2c1ccc(=O)n2-c1c(F)cccc1F. The molecule has 9 nitrogen and oxygen atoms in total. The van der Waals surface area contributed by atoms with Crippen molar-refractivity contribution in [2.45, 2.75) is 19.5 Å². The summed E-state index contributed by atoms with van der Waals surface area (Å²) in [6.45, 7) is 1.19. The maximum Gasteiger partial charge on any atom is 0.256 e. The third-order valence-corrected chi connectivity index (χ3v) is 6.74. The average molecular weight is 572 g/mol. The van der Waals surface area contributed by atoms with Crippen LogP contribution in [-0.4, -0.2) is 49.9 Å². The quantitative estimate of drug-likeness (QED) is 0.212. The van der Waals surface area contributed by atoms with E-state index < -0.39 is 42.1 Å². The number of hydrogen-bond donors (Lipinski definition) is 4. The molecule has 5 rings (SSSR count). The fourth-order valence-corrected chi connectivity index (χ4v) is 4.53. The van der Waals surface area contributed by atoms with Crippen LogP contribution in [0.2, 0.25) is 0 Å². The summed E-state index contributed by atoms with van der Waals surface area (Å²) in [5.41, 5.74) is 1.27. The molecule has 0 spiro atoms. The topological polar surface area (TPSA) is 129 Å². The minimum atomic E-state index is -0.976. The first-order valence-corrected chi connectivity index (χ1v) is 13.1. The number of nitrogens with zero attached hydrogens (tertiary/aromatic N) is 3. The summed E-state index contributed by atoms with van der Waals surface area (Å²) in [4.78, 5) is 35.1. The standard InChI is InChI=1S/C31H27F2N5O4/c1-18-10-11-20(30(42)34-15-19-6-3-2-4-7-19)14-23(18)27-22-12-13-26(41)38(28-24(32)8-5-9-25(28)33)29(22)37-31(36-27)35-21(16-39)17-40/h2-14,21,39-40H,15-17H2,1H3,(H,34,42)(H,35,36,37). The van der Waals surface area contributed by atoms with E-state index in [0.29, 0.717) is 17.7 Å². The predicted octanol–water partition coefficient (Wildman–Crippen LogP) is 3.73. The van der Waals surface area contributed by atoms with Crippen molar-refractivity contribution in [2.75, 3.05) is 18.5 Å². The number of nitrogens with one attached hydrogen (secondary N) is 2. The van der Waals surface area contributed by atoms with E-state index in [9.17, 15) is 28.6 Å². The van der Waals surface area contributed by atoms with Crippen molar-refractivity contribution in [3.8, 4) is 16.9 Å². The predicted molar refractivity (Wildman–Crippen MR) is 154 cm³/mol. The maximum absolute atomic E-state index is 14.9. The van der Waals surface area contributed by atoms with Crippen LogP contribution >= 0.6 is 0 Å². The van der Waals surface area contributed by atoms with Crippen LogP contribution in [0.1, 0.15) is 21.5 Å².